The van der Waals surface area contributed by atoms with Crippen LogP contribution >= 0.6 is 34.7 Å². The molecule has 0 radical (unpaired) electrons. The standard InChI is InChI=1S/C28H29BrClO5P/c1-16-13-19(28(3,4)5)14-17(2)22(16)27(32)36(33,26(31)18-11-9-8-10-12-18)25-23(34-6)20(29)15-21(30)24(25)35-7/h8-15H,1-7H3. The summed E-state index contributed by atoms with van der Waals surface area (Å²) in [5.74, 6) is 0.0122. The molecule has 0 spiro atoms. The first-order chi connectivity index (χ1) is 16.8. The molecule has 8 heteroatoms. The Bertz CT molecular complexity index is 1340. The number of hydrogen-bond donors (Lipinski definition) is 0. The fourth-order valence-electron chi connectivity index (χ4n) is 4.20. The van der Waals surface area contributed by atoms with E-state index in [2.05, 4.69) is 36.7 Å². The zero-order valence-corrected chi connectivity index (χ0v) is 24.6. The number of halogens is 2. The maximum absolute atomic E-state index is 15.1. The van der Waals surface area contributed by atoms with E-state index in [-0.39, 0.29) is 38.4 Å². The quantitative estimate of drug-likeness (QED) is 0.263. The fraction of sp³-hybridized carbons (Fsp3) is 0.286. The highest BCUT2D eigenvalue weighted by atomic mass is 79.9. The molecule has 0 N–H and O–H groups in total. The van der Waals surface area contributed by atoms with Crippen molar-refractivity contribution in [2.45, 2.75) is 40.0 Å². The van der Waals surface area contributed by atoms with Crippen LogP contribution in [0, 0.1) is 13.8 Å². The van der Waals surface area contributed by atoms with E-state index in [1.807, 2.05) is 12.1 Å². The van der Waals surface area contributed by atoms with Crippen LogP contribution in [0.1, 0.15) is 58.2 Å². The summed E-state index contributed by atoms with van der Waals surface area (Å²) in [5.41, 5.74) is 0.876. The molecule has 0 aliphatic rings. The van der Waals surface area contributed by atoms with E-state index < -0.39 is 18.2 Å². The maximum Gasteiger partial charge on any atom is 0.256 e. The Balaban J connectivity index is 2.45. The largest absolute Gasteiger partial charge is 0.495 e. The molecular weight excluding hydrogens is 563 g/mol. The molecule has 5 nitrogen and oxygen atoms in total. The van der Waals surface area contributed by atoms with Crippen LogP contribution in [0.4, 0.5) is 0 Å². The number of aryl methyl sites for hydroxylation is 2. The second-order valence-electron chi connectivity index (χ2n) is 9.58. The third kappa shape index (κ3) is 4.91. The second kappa shape index (κ2) is 10.5. The number of ether oxygens (including phenoxy) is 2. The lowest BCUT2D eigenvalue weighted by atomic mass is 9.84. The number of carbonyl (C=O) groups excluding carboxylic acids is 2. The summed E-state index contributed by atoms with van der Waals surface area (Å²) >= 11 is 9.83. The first-order valence-electron chi connectivity index (χ1n) is 11.3. The summed E-state index contributed by atoms with van der Waals surface area (Å²) in [6.07, 6.45) is 0. The van der Waals surface area contributed by atoms with Gasteiger partial charge in [-0.25, -0.2) is 0 Å². The van der Waals surface area contributed by atoms with E-state index >= 15 is 4.57 Å². The zero-order valence-electron chi connectivity index (χ0n) is 21.4. The Kier molecular flexibility index (Phi) is 8.24. The lowest BCUT2D eigenvalue weighted by Crippen LogP contribution is -2.25. The minimum Gasteiger partial charge on any atom is -0.495 e. The van der Waals surface area contributed by atoms with Crippen molar-refractivity contribution >= 4 is 51.0 Å². The fourth-order valence-corrected chi connectivity index (χ4v) is 8.18. The SMILES string of the molecule is COc1c(Cl)cc(Br)c(OC)c1P(=O)(C(=O)c1ccccc1)C(=O)c1c(C)cc(C(C)(C)C)cc1C. The minimum absolute atomic E-state index is 0.0423. The van der Waals surface area contributed by atoms with Gasteiger partial charge in [-0.15, -0.1) is 0 Å². The van der Waals surface area contributed by atoms with Crippen LogP contribution in [-0.4, -0.2) is 25.3 Å². The number of methoxy groups -OCH3 is 2. The van der Waals surface area contributed by atoms with Crippen LogP contribution in [0.3, 0.4) is 0 Å². The highest BCUT2D eigenvalue weighted by molar-refractivity contribution is 9.10. The van der Waals surface area contributed by atoms with Gasteiger partial charge in [-0.3, -0.25) is 9.59 Å². The summed E-state index contributed by atoms with van der Waals surface area (Å²) in [6.45, 7) is 9.80. The van der Waals surface area contributed by atoms with Crippen molar-refractivity contribution in [2.75, 3.05) is 14.2 Å². The van der Waals surface area contributed by atoms with Gasteiger partial charge in [-0.2, -0.15) is 0 Å². The van der Waals surface area contributed by atoms with Crippen LogP contribution in [0.25, 0.3) is 0 Å². The predicted molar refractivity (Wildman–Crippen MR) is 149 cm³/mol. The summed E-state index contributed by atoms with van der Waals surface area (Å²) in [7, 11) is -1.90. The number of rotatable bonds is 7. The summed E-state index contributed by atoms with van der Waals surface area (Å²) in [4.78, 5) is 28.4. The van der Waals surface area contributed by atoms with Crippen LogP contribution < -0.4 is 14.8 Å². The molecule has 0 heterocycles. The van der Waals surface area contributed by atoms with Crippen molar-refractivity contribution in [1.82, 2.24) is 0 Å². The van der Waals surface area contributed by atoms with Gasteiger partial charge >= 0.3 is 0 Å². The van der Waals surface area contributed by atoms with Gasteiger partial charge in [0.2, 0.25) is 11.0 Å². The normalized spacial score (nSPS) is 13.1. The van der Waals surface area contributed by atoms with Crippen LogP contribution in [0.15, 0.2) is 53.0 Å². The summed E-state index contributed by atoms with van der Waals surface area (Å²) in [6, 6.07) is 13.4. The summed E-state index contributed by atoms with van der Waals surface area (Å²) in [5, 5.41) is -0.0741. The molecule has 1 unspecified atom stereocenters. The van der Waals surface area contributed by atoms with Crippen LogP contribution in [0.5, 0.6) is 11.5 Å². The first kappa shape index (κ1) is 28.2. The molecule has 3 rings (SSSR count). The Hall–Kier alpha value is -2.40. The molecule has 0 aliphatic heterocycles. The number of benzene rings is 3. The molecular formula is C28H29BrClO5P. The summed E-state index contributed by atoms with van der Waals surface area (Å²) < 4.78 is 26.5. The van der Waals surface area contributed by atoms with E-state index in [1.165, 1.54) is 32.4 Å². The molecule has 0 aliphatic carbocycles. The van der Waals surface area contributed by atoms with Gasteiger partial charge < -0.3 is 14.0 Å². The van der Waals surface area contributed by atoms with E-state index in [9.17, 15) is 9.59 Å². The topological polar surface area (TPSA) is 69.7 Å². The van der Waals surface area contributed by atoms with E-state index in [4.69, 9.17) is 21.1 Å². The molecule has 190 valence electrons. The van der Waals surface area contributed by atoms with E-state index in [0.717, 1.165) is 5.56 Å². The van der Waals surface area contributed by atoms with Gasteiger partial charge in [-0.1, -0.05) is 74.8 Å². The molecule has 0 amide bonds. The van der Waals surface area contributed by atoms with Crippen molar-refractivity contribution in [1.29, 1.82) is 0 Å². The van der Waals surface area contributed by atoms with Crippen molar-refractivity contribution in [3.05, 3.63) is 85.8 Å². The van der Waals surface area contributed by atoms with Crippen molar-refractivity contribution in [3.63, 3.8) is 0 Å². The van der Waals surface area contributed by atoms with Gasteiger partial charge in [0.05, 0.1) is 23.7 Å². The maximum atomic E-state index is 15.1. The molecule has 0 fully saturated rings. The Morgan fingerprint density at radius 2 is 1.42 bits per heavy atom. The number of hydrogen-bond acceptors (Lipinski definition) is 5. The van der Waals surface area contributed by atoms with E-state index in [1.54, 1.807) is 32.0 Å². The molecule has 0 saturated carbocycles. The molecule has 1 atom stereocenters. The van der Waals surface area contributed by atoms with Crippen LogP contribution in [0.2, 0.25) is 5.02 Å². The first-order valence-corrected chi connectivity index (χ1v) is 14.1. The van der Waals surface area contributed by atoms with Crippen LogP contribution in [-0.2, 0) is 9.98 Å². The van der Waals surface area contributed by atoms with Crippen molar-refractivity contribution in [3.8, 4) is 11.5 Å². The van der Waals surface area contributed by atoms with E-state index in [0.29, 0.717) is 15.6 Å². The molecule has 3 aromatic carbocycles. The molecule has 0 saturated heterocycles. The van der Waals surface area contributed by atoms with Gasteiger partial charge in [0.1, 0.15) is 11.1 Å². The average molecular weight is 592 g/mol. The van der Waals surface area contributed by atoms with Crippen molar-refractivity contribution < 1.29 is 23.6 Å². The monoisotopic (exact) mass is 590 g/mol. The Morgan fingerprint density at radius 3 is 1.89 bits per heavy atom. The number of carbonyl (C=O) groups is 2. The highest BCUT2D eigenvalue weighted by Crippen LogP contribution is 2.58. The third-order valence-corrected chi connectivity index (χ3v) is 9.58. The molecule has 0 bridgehead atoms. The van der Waals surface area contributed by atoms with Crippen molar-refractivity contribution in [2.24, 2.45) is 0 Å². The second-order valence-corrected chi connectivity index (χ2v) is 13.3. The smallest absolute Gasteiger partial charge is 0.256 e. The lowest BCUT2D eigenvalue weighted by molar-refractivity contribution is 0.104. The molecule has 36 heavy (non-hydrogen) atoms. The minimum atomic E-state index is -4.61. The Labute approximate surface area is 225 Å². The average Bonchev–Trinajstić information content (AvgIpc) is 2.82. The zero-order chi connectivity index (χ0) is 27.0. The Morgan fingerprint density at radius 1 is 0.889 bits per heavy atom. The van der Waals surface area contributed by atoms with Gasteiger partial charge in [-0.05, 0) is 57.9 Å². The van der Waals surface area contributed by atoms with Gasteiger partial charge in [0.25, 0.3) is 7.14 Å². The predicted octanol–water partition coefficient (Wildman–Crippen LogP) is 7.70. The third-order valence-electron chi connectivity index (χ3n) is 6.05. The molecule has 0 aromatic heterocycles. The highest BCUT2D eigenvalue weighted by Gasteiger charge is 2.49. The lowest BCUT2D eigenvalue weighted by Gasteiger charge is -2.25. The van der Waals surface area contributed by atoms with Gasteiger partial charge in [0.15, 0.2) is 5.75 Å². The molecule has 3 aromatic rings. The van der Waals surface area contributed by atoms with Gasteiger partial charge in [0, 0.05) is 11.1 Å².